The maximum absolute atomic E-state index is 11.9. The molecule has 0 atom stereocenters. The highest BCUT2D eigenvalue weighted by Crippen LogP contribution is 2.17. The van der Waals surface area contributed by atoms with Crippen LogP contribution in [0.25, 0.3) is 0 Å². The van der Waals surface area contributed by atoms with Crippen LogP contribution < -0.4 is 10.9 Å². The Balaban J connectivity index is 2.25. The number of aromatic nitrogens is 2. The molecule has 5 nitrogen and oxygen atoms in total. The second-order valence-corrected chi connectivity index (χ2v) is 4.78. The van der Waals surface area contributed by atoms with Crippen LogP contribution in [-0.4, -0.2) is 15.7 Å². The van der Waals surface area contributed by atoms with Gasteiger partial charge in [-0.25, -0.2) is 4.68 Å². The van der Waals surface area contributed by atoms with Gasteiger partial charge in [0.1, 0.15) is 5.69 Å². The quantitative estimate of drug-likeness (QED) is 0.833. The molecule has 6 heteroatoms. The van der Waals surface area contributed by atoms with Crippen LogP contribution in [0.1, 0.15) is 10.5 Å². The van der Waals surface area contributed by atoms with Crippen LogP contribution >= 0.6 is 22.6 Å². The fraction of sp³-hybridized carbons (Fsp3) is 0.0833. The molecule has 0 spiro atoms. The Labute approximate surface area is 117 Å². The van der Waals surface area contributed by atoms with Gasteiger partial charge >= 0.3 is 0 Å². The highest BCUT2D eigenvalue weighted by Gasteiger charge is 2.10. The van der Waals surface area contributed by atoms with Gasteiger partial charge in [-0.2, -0.15) is 5.10 Å². The highest BCUT2D eigenvalue weighted by atomic mass is 127. The number of halogens is 1. The Kier molecular flexibility index (Phi) is 3.75. The topological polar surface area (TPSA) is 64.0 Å². The number of anilines is 1. The summed E-state index contributed by atoms with van der Waals surface area (Å²) in [5.41, 5.74) is 0.677. The Morgan fingerprint density at radius 1 is 1.28 bits per heavy atom. The molecule has 2 rings (SSSR count). The number of para-hydroxylation sites is 1. The van der Waals surface area contributed by atoms with E-state index in [1.165, 1.54) is 19.2 Å². The number of nitrogens with zero attached hydrogens (tertiary/aromatic N) is 2. The van der Waals surface area contributed by atoms with Crippen LogP contribution in [0, 0.1) is 3.57 Å². The van der Waals surface area contributed by atoms with Gasteiger partial charge in [0, 0.05) is 16.7 Å². The van der Waals surface area contributed by atoms with Crippen LogP contribution in [0.2, 0.25) is 0 Å². The summed E-state index contributed by atoms with van der Waals surface area (Å²) in [5, 5.41) is 6.64. The monoisotopic (exact) mass is 355 g/mol. The molecule has 92 valence electrons. The summed E-state index contributed by atoms with van der Waals surface area (Å²) in [6, 6.07) is 10.2. The van der Waals surface area contributed by atoms with E-state index in [-0.39, 0.29) is 17.2 Å². The Hall–Kier alpha value is -1.70. The van der Waals surface area contributed by atoms with Crippen molar-refractivity contribution < 1.29 is 4.79 Å². The van der Waals surface area contributed by atoms with Crippen molar-refractivity contribution in [2.24, 2.45) is 7.05 Å². The number of carbonyl (C=O) groups excluding carboxylic acids is 1. The number of nitrogens with one attached hydrogen (secondary N) is 1. The minimum Gasteiger partial charge on any atom is -0.320 e. The number of carbonyl (C=O) groups is 1. The molecule has 0 aliphatic rings. The van der Waals surface area contributed by atoms with Gasteiger partial charge in [0.15, 0.2) is 0 Å². The second kappa shape index (κ2) is 5.30. The molecular formula is C12H10IN3O2. The molecule has 0 aliphatic heterocycles. The van der Waals surface area contributed by atoms with Crippen LogP contribution in [0.5, 0.6) is 0 Å². The van der Waals surface area contributed by atoms with Gasteiger partial charge in [0.25, 0.3) is 11.5 Å². The molecule has 0 fully saturated rings. The van der Waals surface area contributed by atoms with Gasteiger partial charge in [-0.1, -0.05) is 12.1 Å². The smallest absolute Gasteiger partial charge is 0.276 e. The third-order valence-electron chi connectivity index (χ3n) is 2.32. The number of rotatable bonds is 2. The average molecular weight is 355 g/mol. The van der Waals surface area contributed by atoms with E-state index in [9.17, 15) is 9.59 Å². The van der Waals surface area contributed by atoms with Crippen molar-refractivity contribution in [3.05, 3.63) is 56.0 Å². The van der Waals surface area contributed by atoms with Crippen molar-refractivity contribution in [2.45, 2.75) is 0 Å². The first-order chi connectivity index (χ1) is 8.58. The third-order valence-corrected chi connectivity index (χ3v) is 3.26. The average Bonchev–Trinajstić information content (AvgIpc) is 2.35. The molecule has 0 aliphatic carbocycles. The number of aryl methyl sites for hydroxylation is 1. The normalized spacial score (nSPS) is 10.1. The van der Waals surface area contributed by atoms with E-state index >= 15 is 0 Å². The predicted molar refractivity (Wildman–Crippen MR) is 76.6 cm³/mol. The van der Waals surface area contributed by atoms with E-state index in [1.807, 2.05) is 24.3 Å². The molecule has 1 heterocycles. The molecule has 1 aromatic heterocycles. The number of benzene rings is 1. The van der Waals surface area contributed by atoms with E-state index in [0.29, 0.717) is 0 Å². The lowest BCUT2D eigenvalue weighted by atomic mass is 10.3. The van der Waals surface area contributed by atoms with Crippen molar-refractivity contribution in [2.75, 3.05) is 5.32 Å². The fourth-order valence-electron chi connectivity index (χ4n) is 1.37. The van der Waals surface area contributed by atoms with Gasteiger partial charge in [0.05, 0.1) is 5.69 Å². The van der Waals surface area contributed by atoms with Crippen molar-refractivity contribution >= 4 is 34.2 Å². The minimum absolute atomic E-state index is 0.205. The lowest BCUT2D eigenvalue weighted by Crippen LogP contribution is -2.23. The van der Waals surface area contributed by atoms with E-state index < -0.39 is 0 Å². The predicted octanol–water partition coefficient (Wildman–Crippen LogP) is 1.64. The third kappa shape index (κ3) is 2.76. The maximum Gasteiger partial charge on any atom is 0.276 e. The Bertz CT molecular complexity index is 652. The molecule has 0 saturated heterocycles. The first-order valence-electron chi connectivity index (χ1n) is 5.18. The number of hydrogen-bond donors (Lipinski definition) is 1. The fourth-order valence-corrected chi connectivity index (χ4v) is 1.89. The second-order valence-electron chi connectivity index (χ2n) is 3.61. The molecule has 18 heavy (non-hydrogen) atoms. The molecule has 0 saturated carbocycles. The summed E-state index contributed by atoms with van der Waals surface area (Å²) in [6.07, 6.45) is 0. The van der Waals surface area contributed by atoms with Gasteiger partial charge in [0.2, 0.25) is 0 Å². The van der Waals surface area contributed by atoms with Gasteiger partial charge in [-0.05, 0) is 40.8 Å². The Morgan fingerprint density at radius 3 is 2.67 bits per heavy atom. The number of amides is 1. The van der Waals surface area contributed by atoms with Crippen molar-refractivity contribution in [3.8, 4) is 0 Å². The minimum atomic E-state index is -0.338. The summed E-state index contributed by atoms with van der Waals surface area (Å²) in [4.78, 5) is 23.1. The summed E-state index contributed by atoms with van der Waals surface area (Å²) in [7, 11) is 1.51. The zero-order chi connectivity index (χ0) is 13.1. The van der Waals surface area contributed by atoms with Crippen molar-refractivity contribution in [3.63, 3.8) is 0 Å². The van der Waals surface area contributed by atoms with Gasteiger partial charge in [-0.3, -0.25) is 9.59 Å². The molecule has 2 aromatic rings. The SMILES string of the molecule is Cn1nc(C(=O)Nc2ccccc2I)ccc1=O. The Morgan fingerprint density at radius 2 is 2.00 bits per heavy atom. The molecule has 1 amide bonds. The van der Waals surface area contributed by atoms with Crippen LogP contribution in [0.15, 0.2) is 41.2 Å². The summed E-state index contributed by atoms with van der Waals surface area (Å²) in [5.74, 6) is -0.338. The van der Waals surface area contributed by atoms with E-state index in [1.54, 1.807) is 0 Å². The lowest BCUT2D eigenvalue weighted by Gasteiger charge is -2.06. The molecule has 0 radical (unpaired) electrons. The largest absolute Gasteiger partial charge is 0.320 e. The highest BCUT2D eigenvalue weighted by molar-refractivity contribution is 14.1. The zero-order valence-corrected chi connectivity index (χ0v) is 11.7. The molecule has 1 aromatic carbocycles. The van der Waals surface area contributed by atoms with E-state index in [2.05, 4.69) is 33.0 Å². The molecular weight excluding hydrogens is 345 g/mol. The van der Waals surface area contributed by atoms with E-state index in [4.69, 9.17) is 0 Å². The number of hydrogen-bond acceptors (Lipinski definition) is 3. The zero-order valence-electron chi connectivity index (χ0n) is 9.55. The first kappa shape index (κ1) is 12.7. The first-order valence-corrected chi connectivity index (χ1v) is 6.26. The van der Waals surface area contributed by atoms with Crippen molar-refractivity contribution in [1.82, 2.24) is 9.78 Å². The lowest BCUT2D eigenvalue weighted by molar-refractivity contribution is 0.102. The van der Waals surface area contributed by atoms with E-state index in [0.717, 1.165) is 13.9 Å². The standard InChI is InChI=1S/C12H10IN3O2/c1-16-11(17)7-6-10(15-16)12(18)14-9-5-3-2-4-8(9)13/h2-7H,1H3,(H,14,18). The summed E-state index contributed by atoms with van der Waals surface area (Å²) in [6.45, 7) is 0. The maximum atomic E-state index is 11.9. The molecule has 1 N–H and O–H groups in total. The van der Waals surface area contributed by atoms with Crippen LogP contribution in [-0.2, 0) is 7.05 Å². The summed E-state index contributed by atoms with van der Waals surface area (Å²) >= 11 is 2.13. The molecule has 0 unspecified atom stereocenters. The van der Waals surface area contributed by atoms with Gasteiger partial charge in [-0.15, -0.1) is 0 Å². The van der Waals surface area contributed by atoms with Gasteiger partial charge < -0.3 is 5.32 Å². The summed E-state index contributed by atoms with van der Waals surface area (Å²) < 4.78 is 2.07. The van der Waals surface area contributed by atoms with Crippen LogP contribution in [0.3, 0.4) is 0 Å². The van der Waals surface area contributed by atoms with Crippen molar-refractivity contribution in [1.29, 1.82) is 0 Å². The molecule has 0 bridgehead atoms. The van der Waals surface area contributed by atoms with Crippen LogP contribution in [0.4, 0.5) is 5.69 Å².